The Hall–Kier alpha value is -4.74. The van der Waals surface area contributed by atoms with Crippen LogP contribution in [-0.4, -0.2) is 70.9 Å². The lowest BCUT2D eigenvalue weighted by Gasteiger charge is -2.25. The van der Waals surface area contributed by atoms with Crippen LogP contribution in [0.25, 0.3) is 10.9 Å². The number of aromatic carboxylic acids is 1. The summed E-state index contributed by atoms with van der Waals surface area (Å²) in [7, 11) is 1.38. The van der Waals surface area contributed by atoms with Crippen molar-refractivity contribution < 1.29 is 33.5 Å². The number of nitrogens with zero attached hydrogens (tertiary/aromatic N) is 4. The molecule has 2 unspecified atom stereocenters. The third-order valence-electron chi connectivity index (χ3n) is 8.09. The van der Waals surface area contributed by atoms with Crippen molar-refractivity contribution in [2.24, 2.45) is 11.1 Å². The second kappa shape index (κ2) is 8.63. The van der Waals surface area contributed by atoms with Crippen molar-refractivity contribution in [2.75, 3.05) is 31.6 Å². The zero-order valence-electron chi connectivity index (χ0n) is 21.3. The van der Waals surface area contributed by atoms with E-state index in [4.69, 9.17) is 9.57 Å². The second-order valence-corrected chi connectivity index (χ2v) is 10.4. The molecule has 1 aliphatic carbocycles. The molecule has 2 fully saturated rings. The SMILES string of the molecule is COc1c(N2CC3ON=C(CN4C(=O)c5ccccc5C4=O)C3C2)c(F)cc2c(=O)c(C(=O)O)cn(C3CC3)c12. The molecule has 3 aromatic rings. The number of aromatic nitrogens is 1. The molecule has 1 saturated carbocycles. The molecule has 11 nitrogen and oxygen atoms in total. The molecule has 4 aliphatic rings. The summed E-state index contributed by atoms with van der Waals surface area (Å²) in [6.45, 7) is 0.476. The van der Waals surface area contributed by atoms with Gasteiger partial charge in [0, 0.05) is 18.8 Å². The average molecular weight is 547 g/mol. The van der Waals surface area contributed by atoms with Gasteiger partial charge in [0.15, 0.2) is 17.7 Å². The van der Waals surface area contributed by atoms with E-state index in [-0.39, 0.29) is 48.4 Å². The lowest BCUT2D eigenvalue weighted by atomic mass is 10.0. The number of hydrogen-bond acceptors (Lipinski definition) is 8. The van der Waals surface area contributed by atoms with Gasteiger partial charge in [-0.1, -0.05) is 17.3 Å². The maximum absolute atomic E-state index is 15.7. The molecule has 0 radical (unpaired) electrons. The number of rotatable bonds is 6. The largest absolute Gasteiger partial charge is 0.492 e. The first-order valence-corrected chi connectivity index (χ1v) is 12.9. The van der Waals surface area contributed by atoms with Gasteiger partial charge in [0.2, 0.25) is 5.43 Å². The number of carbonyl (C=O) groups is 3. The van der Waals surface area contributed by atoms with Crippen LogP contribution in [0.1, 0.15) is 50.0 Å². The number of imide groups is 1. The van der Waals surface area contributed by atoms with E-state index in [2.05, 4.69) is 5.16 Å². The highest BCUT2D eigenvalue weighted by molar-refractivity contribution is 6.22. The molecule has 1 saturated heterocycles. The van der Waals surface area contributed by atoms with Crippen LogP contribution in [0, 0.1) is 11.7 Å². The lowest BCUT2D eigenvalue weighted by molar-refractivity contribution is 0.0669. The van der Waals surface area contributed by atoms with Gasteiger partial charge < -0.3 is 24.1 Å². The number of benzene rings is 2. The highest BCUT2D eigenvalue weighted by Crippen LogP contribution is 2.45. The molecule has 0 bridgehead atoms. The molecule has 40 heavy (non-hydrogen) atoms. The van der Waals surface area contributed by atoms with Gasteiger partial charge in [-0.05, 0) is 31.0 Å². The van der Waals surface area contributed by atoms with Gasteiger partial charge in [-0.15, -0.1) is 0 Å². The van der Waals surface area contributed by atoms with Crippen LogP contribution >= 0.6 is 0 Å². The highest BCUT2D eigenvalue weighted by Gasteiger charge is 2.46. The predicted octanol–water partition coefficient (Wildman–Crippen LogP) is 2.67. The molecule has 204 valence electrons. The second-order valence-electron chi connectivity index (χ2n) is 10.4. The first kappa shape index (κ1) is 24.3. The minimum atomic E-state index is -1.38. The summed E-state index contributed by atoms with van der Waals surface area (Å²) < 4.78 is 23.1. The highest BCUT2D eigenvalue weighted by atomic mass is 19.1. The molecule has 1 N–H and O–H groups in total. The third kappa shape index (κ3) is 3.44. The average Bonchev–Trinajstić information content (AvgIpc) is 3.53. The molecule has 2 aromatic carbocycles. The molecular weight excluding hydrogens is 523 g/mol. The van der Waals surface area contributed by atoms with E-state index in [1.807, 2.05) is 0 Å². The third-order valence-corrected chi connectivity index (χ3v) is 8.09. The van der Waals surface area contributed by atoms with E-state index < -0.39 is 40.7 Å². The summed E-state index contributed by atoms with van der Waals surface area (Å²) in [6.07, 6.45) is 2.46. The summed E-state index contributed by atoms with van der Waals surface area (Å²) in [6, 6.07) is 7.67. The Morgan fingerprint density at radius 2 is 1.85 bits per heavy atom. The molecule has 4 heterocycles. The smallest absolute Gasteiger partial charge is 0.341 e. The number of amides is 2. The Kier molecular flexibility index (Phi) is 5.25. The Morgan fingerprint density at radius 3 is 2.48 bits per heavy atom. The standard InChI is InChI=1S/C28H23FN4O7/c1-39-25-22-16(24(34)18(28(37)38)10-32(22)13-6-7-13)8-19(29)23(25)31-9-17-20(30-40-21(17)12-31)11-33-26(35)14-4-2-3-5-15(14)27(33)36/h2-5,8,10,13,17,21H,6-7,9,11-12H2,1H3,(H,37,38). The summed E-state index contributed by atoms with van der Waals surface area (Å²) in [5.41, 5.74) is 0.453. The monoisotopic (exact) mass is 546 g/mol. The number of hydrogen-bond donors (Lipinski definition) is 1. The topological polar surface area (TPSA) is 131 Å². The molecule has 7 rings (SSSR count). The van der Waals surface area contributed by atoms with Crippen LogP contribution in [0.2, 0.25) is 0 Å². The Bertz CT molecular complexity index is 1710. The minimum absolute atomic E-state index is 0.0203. The lowest BCUT2D eigenvalue weighted by Crippen LogP contribution is -2.38. The van der Waals surface area contributed by atoms with Crippen LogP contribution in [0.15, 0.2) is 46.5 Å². The maximum Gasteiger partial charge on any atom is 0.341 e. The number of fused-ring (bicyclic) bond motifs is 3. The van der Waals surface area contributed by atoms with E-state index in [1.165, 1.54) is 13.3 Å². The normalized spacial score (nSPS) is 21.5. The first-order valence-electron chi connectivity index (χ1n) is 12.9. The fourth-order valence-electron chi connectivity index (χ4n) is 6.00. The van der Waals surface area contributed by atoms with Gasteiger partial charge in [-0.2, -0.15) is 0 Å². The van der Waals surface area contributed by atoms with E-state index in [0.717, 1.165) is 23.8 Å². The summed E-state index contributed by atoms with van der Waals surface area (Å²) in [4.78, 5) is 59.0. The predicted molar refractivity (Wildman–Crippen MR) is 140 cm³/mol. The Labute approximate surface area is 226 Å². The summed E-state index contributed by atoms with van der Waals surface area (Å²) in [5, 5.41) is 13.7. The fraction of sp³-hybridized carbons (Fsp3) is 0.321. The number of carboxylic acid groups (broad SMARTS) is 1. The Balaban J connectivity index is 1.23. The molecule has 1 aromatic heterocycles. The molecular formula is C28H23FN4O7. The van der Waals surface area contributed by atoms with Crippen molar-refractivity contribution in [3.63, 3.8) is 0 Å². The van der Waals surface area contributed by atoms with Gasteiger partial charge in [-0.3, -0.25) is 19.3 Å². The van der Waals surface area contributed by atoms with Crippen molar-refractivity contribution in [3.8, 4) is 5.75 Å². The van der Waals surface area contributed by atoms with Gasteiger partial charge in [-0.25, -0.2) is 9.18 Å². The van der Waals surface area contributed by atoms with Crippen LogP contribution in [0.4, 0.5) is 10.1 Å². The number of ether oxygens (including phenoxy) is 1. The number of halogens is 1. The molecule has 12 heteroatoms. The number of anilines is 1. The number of pyridine rings is 1. The first-order chi connectivity index (χ1) is 19.3. The maximum atomic E-state index is 15.7. The zero-order chi connectivity index (χ0) is 27.9. The summed E-state index contributed by atoms with van der Waals surface area (Å²) >= 11 is 0. The van der Waals surface area contributed by atoms with Crippen molar-refractivity contribution in [2.45, 2.75) is 25.0 Å². The van der Waals surface area contributed by atoms with Gasteiger partial charge >= 0.3 is 5.97 Å². The van der Waals surface area contributed by atoms with E-state index >= 15 is 4.39 Å². The number of carboxylic acids is 1. The molecule has 3 aliphatic heterocycles. The molecule has 0 spiro atoms. The van der Waals surface area contributed by atoms with Gasteiger partial charge in [0.1, 0.15) is 11.3 Å². The number of carbonyl (C=O) groups excluding carboxylic acids is 2. The van der Waals surface area contributed by atoms with Gasteiger partial charge in [0.05, 0.1) is 53.9 Å². The van der Waals surface area contributed by atoms with Crippen LogP contribution in [0.3, 0.4) is 0 Å². The van der Waals surface area contributed by atoms with Crippen LogP contribution in [-0.2, 0) is 4.84 Å². The van der Waals surface area contributed by atoms with Gasteiger partial charge in [0.25, 0.3) is 11.8 Å². The summed E-state index contributed by atoms with van der Waals surface area (Å²) in [5.74, 6) is -3.09. The fourth-order valence-corrected chi connectivity index (χ4v) is 6.00. The zero-order valence-corrected chi connectivity index (χ0v) is 21.3. The van der Waals surface area contributed by atoms with Crippen molar-refractivity contribution in [3.05, 3.63) is 69.3 Å². The molecule has 2 atom stereocenters. The number of methoxy groups -OCH3 is 1. The van der Waals surface area contributed by atoms with Crippen LogP contribution in [0.5, 0.6) is 5.75 Å². The van der Waals surface area contributed by atoms with E-state index in [1.54, 1.807) is 33.7 Å². The quantitative estimate of drug-likeness (QED) is 0.467. The van der Waals surface area contributed by atoms with E-state index in [0.29, 0.717) is 22.4 Å². The van der Waals surface area contributed by atoms with Crippen molar-refractivity contribution in [1.82, 2.24) is 9.47 Å². The number of oxime groups is 1. The van der Waals surface area contributed by atoms with E-state index in [9.17, 15) is 24.3 Å². The molecule has 2 amide bonds. The van der Waals surface area contributed by atoms with Crippen LogP contribution < -0.4 is 15.1 Å². The van der Waals surface area contributed by atoms with Crippen molar-refractivity contribution in [1.29, 1.82) is 0 Å². The minimum Gasteiger partial charge on any atom is -0.492 e. The Morgan fingerprint density at radius 1 is 1.15 bits per heavy atom. The van der Waals surface area contributed by atoms with Crippen molar-refractivity contribution >= 4 is 40.1 Å².